The van der Waals surface area contributed by atoms with Crippen LogP contribution in [-0.4, -0.2) is 0 Å². The fourth-order valence-corrected chi connectivity index (χ4v) is 2.82. The summed E-state index contributed by atoms with van der Waals surface area (Å²) in [5.74, 6) is -0.173. The molecule has 0 unspecified atom stereocenters. The van der Waals surface area contributed by atoms with Gasteiger partial charge in [0.05, 0.1) is 0 Å². The minimum atomic E-state index is -0.173. The number of halogens is 1. The third-order valence-electron chi connectivity index (χ3n) is 3.93. The third kappa shape index (κ3) is 2.41. The molecular formula is C17H18FN. The van der Waals surface area contributed by atoms with Gasteiger partial charge in [0, 0.05) is 12.1 Å². The van der Waals surface area contributed by atoms with Crippen LogP contribution in [0, 0.1) is 5.82 Å². The number of hydrogen-bond donors (Lipinski definition) is 1. The summed E-state index contributed by atoms with van der Waals surface area (Å²) >= 11 is 0. The van der Waals surface area contributed by atoms with Crippen molar-refractivity contribution in [3.05, 3.63) is 58.9 Å². The molecule has 0 bridgehead atoms. The number of nitrogens with two attached hydrogens (primary N) is 1. The second-order valence-electron chi connectivity index (χ2n) is 5.21. The molecule has 3 rings (SSSR count). The van der Waals surface area contributed by atoms with Gasteiger partial charge in [-0.1, -0.05) is 24.3 Å². The number of aryl methyl sites for hydroxylation is 2. The summed E-state index contributed by atoms with van der Waals surface area (Å²) in [7, 11) is 0. The molecule has 0 saturated carbocycles. The third-order valence-corrected chi connectivity index (χ3v) is 3.93. The van der Waals surface area contributed by atoms with Crippen LogP contribution in [0.1, 0.15) is 29.5 Å². The molecule has 2 aromatic rings. The van der Waals surface area contributed by atoms with Crippen LogP contribution >= 0.6 is 0 Å². The largest absolute Gasteiger partial charge is 0.326 e. The molecule has 0 fully saturated rings. The molecule has 2 N–H and O–H groups in total. The van der Waals surface area contributed by atoms with E-state index in [1.807, 2.05) is 12.1 Å². The van der Waals surface area contributed by atoms with Crippen LogP contribution in [0.3, 0.4) is 0 Å². The zero-order chi connectivity index (χ0) is 13.2. The number of rotatable bonds is 2. The lowest BCUT2D eigenvalue weighted by Crippen LogP contribution is -2.03. The van der Waals surface area contributed by atoms with Crippen molar-refractivity contribution in [2.45, 2.75) is 32.2 Å². The normalized spacial score (nSPS) is 14.2. The van der Waals surface area contributed by atoms with Crippen LogP contribution in [0.25, 0.3) is 11.1 Å². The quantitative estimate of drug-likeness (QED) is 0.867. The van der Waals surface area contributed by atoms with Crippen molar-refractivity contribution in [1.29, 1.82) is 0 Å². The SMILES string of the molecule is NCc1ccc(F)c(-c2ccc3c(c2)CCCC3)c1. The summed E-state index contributed by atoms with van der Waals surface area (Å²) in [6.45, 7) is 0.443. The van der Waals surface area contributed by atoms with Gasteiger partial charge in [-0.2, -0.15) is 0 Å². The Morgan fingerprint density at radius 1 is 0.947 bits per heavy atom. The molecule has 0 amide bonds. The Balaban J connectivity index is 2.06. The van der Waals surface area contributed by atoms with Crippen molar-refractivity contribution < 1.29 is 4.39 Å². The van der Waals surface area contributed by atoms with Crippen LogP contribution in [-0.2, 0) is 19.4 Å². The maximum atomic E-state index is 14.0. The van der Waals surface area contributed by atoms with Crippen molar-refractivity contribution in [2.24, 2.45) is 5.73 Å². The van der Waals surface area contributed by atoms with Crippen LogP contribution in [0.5, 0.6) is 0 Å². The molecule has 0 saturated heterocycles. The zero-order valence-electron chi connectivity index (χ0n) is 11.0. The average molecular weight is 255 g/mol. The summed E-state index contributed by atoms with van der Waals surface area (Å²) in [4.78, 5) is 0. The Hall–Kier alpha value is -1.67. The Morgan fingerprint density at radius 3 is 2.53 bits per heavy atom. The van der Waals surface area contributed by atoms with E-state index in [4.69, 9.17) is 5.73 Å². The summed E-state index contributed by atoms with van der Waals surface area (Å²) in [6.07, 6.45) is 4.77. The second kappa shape index (κ2) is 5.14. The second-order valence-corrected chi connectivity index (χ2v) is 5.21. The zero-order valence-corrected chi connectivity index (χ0v) is 11.0. The molecule has 0 spiro atoms. The van der Waals surface area contributed by atoms with E-state index in [0.29, 0.717) is 12.1 Å². The van der Waals surface area contributed by atoms with Gasteiger partial charge in [-0.3, -0.25) is 0 Å². The van der Waals surface area contributed by atoms with E-state index in [1.165, 1.54) is 30.0 Å². The van der Waals surface area contributed by atoms with Crippen molar-refractivity contribution in [1.82, 2.24) is 0 Å². The highest BCUT2D eigenvalue weighted by atomic mass is 19.1. The van der Waals surface area contributed by atoms with Gasteiger partial charge in [-0.05, 0) is 60.1 Å². The van der Waals surface area contributed by atoms with Crippen molar-refractivity contribution in [3.8, 4) is 11.1 Å². The first-order valence-electron chi connectivity index (χ1n) is 6.88. The van der Waals surface area contributed by atoms with Crippen LogP contribution in [0.2, 0.25) is 0 Å². The topological polar surface area (TPSA) is 26.0 Å². The average Bonchev–Trinajstić information content (AvgIpc) is 2.47. The lowest BCUT2D eigenvalue weighted by Gasteiger charge is -2.17. The molecule has 19 heavy (non-hydrogen) atoms. The predicted octanol–water partition coefficient (Wildman–Crippen LogP) is 3.83. The van der Waals surface area contributed by atoms with E-state index >= 15 is 0 Å². The van der Waals surface area contributed by atoms with Gasteiger partial charge in [0.25, 0.3) is 0 Å². The first-order valence-corrected chi connectivity index (χ1v) is 6.88. The molecule has 1 aliphatic rings. The van der Waals surface area contributed by atoms with Crippen molar-refractivity contribution >= 4 is 0 Å². The highest BCUT2D eigenvalue weighted by molar-refractivity contribution is 5.66. The number of hydrogen-bond acceptors (Lipinski definition) is 1. The van der Waals surface area contributed by atoms with E-state index in [1.54, 1.807) is 6.07 Å². The summed E-state index contributed by atoms with van der Waals surface area (Å²) in [6, 6.07) is 11.4. The van der Waals surface area contributed by atoms with Gasteiger partial charge >= 0.3 is 0 Å². The van der Waals surface area contributed by atoms with Gasteiger partial charge in [-0.15, -0.1) is 0 Å². The molecule has 2 aromatic carbocycles. The van der Waals surface area contributed by atoms with E-state index < -0.39 is 0 Å². The minimum absolute atomic E-state index is 0.173. The highest BCUT2D eigenvalue weighted by Crippen LogP contribution is 2.29. The van der Waals surface area contributed by atoms with Gasteiger partial charge < -0.3 is 5.73 Å². The molecule has 0 heterocycles. The molecule has 0 atom stereocenters. The van der Waals surface area contributed by atoms with E-state index in [-0.39, 0.29) is 5.82 Å². The van der Waals surface area contributed by atoms with Gasteiger partial charge in [-0.25, -0.2) is 4.39 Å². The lowest BCUT2D eigenvalue weighted by molar-refractivity contribution is 0.630. The summed E-state index contributed by atoms with van der Waals surface area (Å²) < 4.78 is 14.0. The van der Waals surface area contributed by atoms with Crippen molar-refractivity contribution in [3.63, 3.8) is 0 Å². The maximum absolute atomic E-state index is 14.0. The summed E-state index contributed by atoms with van der Waals surface area (Å²) in [5, 5.41) is 0. The molecule has 0 radical (unpaired) electrons. The molecule has 1 nitrogen and oxygen atoms in total. The molecular weight excluding hydrogens is 237 g/mol. The molecule has 2 heteroatoms. The fourth-order valence-electron chi connectivity index (χ4n) is 2.82. The monoisotopic (exact) mass is 255 g/mol. The van der Waals surface area contributed by atoms with Crippen molar-refractivity contribution in [2.75, 3.05) is 0 Å². The Bertz CT molecular complexity index is 604. The fraction of sp³-hybridized carbons (Fsp3) is 0.294. The van der Waals surface area contributed by atoms with Crippen LogP contribution < -0.4 is 5.73 Å². The Labute approximate surface area is 113 Å². The van der Waals surface area contributed by atoms with E-state index in [9.17, 15) is 4.39 Å². The lowest BCUT2D eigenvalue weighted by atomic mass is 9.89. The number of benzene rings is 2. The summed E-state index contributed by atoms with van der Waals surface area (Å²) in [5.41, 5.74) is 11.0. The minimum Gasteiger partial charge on any atom is -0.326 e. The van der Waals surface area contributed by atoms with Crippen LogP contribution in [0.15, 0.2) is 36.4 Å². The predicted molar refractivity (Wildman–Crippen MR) is 76.4 cm³/mol. The smallest absolute Gasteiger partial charge is 0.131 e. The van der Waals surface area contributed by atoms with Crippen LogP contribution in [0.4, 0.5) is 4.39 Å². The first-order chi connectivity index (χ1) is 9.28. The molecule has 1 aliphatic carbocycles. The van der Waals surface area contributed by atoms with Gasteiger partial charge in [0.2, 0.25) is 0 Å². The molecule has 98 valence electrons. The standard InChI is InChI=1S/C17H18FN/c18-17-8-5-12(11-19)9-16(17)15-7-6-13-3-1-2-4-14(13)10-15/h5-10H,1-4,11,19H2. The Kier molecular flexibility index (Phi) is 3.34. The Morgan fingerprint density at radius 2 is 1.74 bits per heavy atom. The molecule has 0 aliphatic heterocycles. The first kappa shape index (κ1) is 12.4. The maximum Gasteiger partial charge on any atom is 0.131 e. The number of fused-ring (bicyclic) bond motifs is 1. The van der Waals surface area contributed by atoms with E-state index in [0.717, 1.165) is 24.0 Å². The molecule has 0 aromatic heterocycles. The van der Waals surface area contributed by atoms with Gasteiger partial charge in [0.15, 0.2) is 0 Å². The van der Waals surface area contributed by atoms with Gasteiger partial charge in [0.1, 0.15) is 5.82 Å². The van der Waals surface area contributed by atoms with E-state index in [2.05, 4.69) is 12.1 Å². The highest BCUT2D eigenvalue weighted by Gasteiger charge is 2.12.